The summed E-state index contributed by atoms with van der Waals surface area (Å²) in [6.45, 7) is 13.7. The molecule has 21 heavy (non-hydrogen) atoms. The van der Waals surface area contributed by atoms with Crippen molar-refractivity contribution >= 4 is 12.2 Å². The molecule has 1 aromatic heterocycles. The van der Waals surface area contributed by atoms with Crippen LogP contribution in [0.25, 0.3) is 0 Å². The third-order valence-corrected chi connectivity index (χ3v) is 5.12. The van der Waals surface area contributed by atoms with Crippen LogP contribution >= 0.6 is 12.2 Å². The van der Waals surface area contributed by atoms with Gasteiger partial charge in [-0.2, -0.15) is 0 Å². The molecular weight excluding hydrogens is 276 g/mol. The Morgan fingerprint density at radius 2 is 1.62 bits per heavy atom. The van der Waals surface area contributed by atoms with E-state index in [0.29, 0.717) is 11.3 Å². The van der Waals surface area contributed by atoms with Crippen LogP contribution in [0.1, 0.15) is 84.7 Å². The smallest absolute Gasteiger partial charge is 0.130 e. The van der Waals surface area contributed by atoms with Crippen molar-refractivity contribution in [2.45, 2.75) is 78.6 Å². The minimum atomic E-state index is 0.0911. The molecule has 1 fully saturated rings. The van der Waals surface area contributed by atoms with Crippen LogP contribution in [0.2, 0.25) is 0 Å². The molecular formula is C18H30N2S. The molecule has 0 saturated heterocycles. The van der Waals surface area contributed by atoms with Gasteiger partial charge in [0.15, 0.2) is 0 Å². The normalized spacial score (nSPS) is 24.1. The van der Waals surface area contributed by atoms with Gasteiger partial charge in [0.25, 0.3) is 0 Å². The number of hydrogen-bond acceptors (Lipinski definition) is 2. The van der Waals surface area contributed by atoms with E-state index in [1.165, 1.54) is 31.4 Å². The maximum Gasteiger partial charge on any atom is 0.130 e. The largest absolute Gasteiger partial charge is 0.346 e. The van der Waals surface area contributed by atoms with Gasteiger partial charge in [0, 0.05) is 17.0 Å². The molecule has 1 heterocycles. The quantitative estimate of drug-likeness (QED) is 0.668. The molecule has 0 atom stereocenters. The average Bonchev–Trinajstić information content (AvgIpc) is 2.36. The Labute approximate surface area is 134 Å². The monoisotopic (exact) mass is 306 g/mol. The minimum Gasteiger partial charge on any atom is -0.346 e. The van der Waals surface area contributed by atoms with Crippen LogP contribution in [0.4, 0.5) is 0 Å². The van der Waals surface area contributed by atoms with Gasteiger partial charge in [-0.05, 0) is 43.1 Å². The van der Waals surface area contributed by atoms with Crippen molar-refractivity contribution in [2.75, 3.05) is 0 Å². The van der Waals surface area contributed by atoms with Gasteiger partial charge in [-0.1, -0.05) is 53.8 Å². The Bertz CT molecular complexity index is 538. The third kappa shape index (κ3) is 4.15. The summed E-state index contributed by atoms with van der Waals surface area (Å²) in [6.07, 6.45) is 5.06. The first-order chi connectivity index (χ1) is 9.57. The molecule has 118 valence electrons. The van der Waals surface area contributed by atoms with Gasteiger partial charge in [-0.15, -0.1) is 0 Å². The van der Waals surface area contributed by atoms with Crippen molar-refractivity contribution in [3.63, 3.8) is 0 Å². The summed E-state index contributed by atoms with van der Waals surface area (Å²) < 4.78 is 0.728. The van der Waals surface area contributed by atoms with E-state index in [-0.39, 0.29) is 5.41 Å². The molecule has 2 rings (SSSR count). The maximum atomic E-state index is 5.38. The number of aromatic amines is 1. The zero-order valence-corrected chi connectivity index (χ0v) is 15.2. The standard InChI is InChI=1S/C18H30N2S/c1-17(2,3)13-9-7-12(8-10-13)16-19-14(18(4,5)6)11-15(21)20-16/h11-13H,7-10H2,1-6H3,(H,19,20,21). The summed E-state index contributed by atoms with van der Waals surface area (Å²) in [5.41, 5.74) is 1.72. The van der Waals surface area contributed by atoms with Crippen molar-refractivity contribution in [1.82, 2.24) is 9.97 Å². The van der Waals surface area contributed by atoms with Crippen molar-refractivity contribution in [3.05, 3.63) is 22.2 Å². The number of aromatic nitrogens is 2. The first kappa shape index (κ1) is 16.7. The van der Waals surface area contributed by atoms with Crippen LogP contribution in [0.15, 0.2) is 6.07 Å². The predicted molar refractivity (Wildman–Crippen MR) is 92.3 cm³/mol. The number of rotatable bonds is 1. The van der Waals surface area contributed by atoms with Crippen LogP contribution < -0.4 is 0 Å². The lowest BCUT2D eigenvalue weighted by molar-refractivity contribution is 0.167. The second kappa shape index (κ2) is 5.83. The fraction of sp³-hybridized carbons (Fsp3) is 0.778. The molecule has 0 amide bonds. The van der Waals surface area contributed by atoms with Gasteiger partial charge < -0.3 is 4.98 Å². The first-order valence-corrected chi connectivity index (χ1v) is 8.60. The van der Waals surface area contributed by atoms with E-state index in [2.05, 4.69) is 51.5 Å². The second-order valence-electron chi connectivity index (χ2n) is 8.68. The molecule has 1 saturated carbocycles. The molecule has 2 nitrogen and oxygen atoms in total. The van der Waals surface area contributed by atoms with E-state index >= 15 is 0 Å². The van der Waals surface area contributed by atoms with Crippen molar-refractivity contribution in [3.8, 4) is 0 Å². The molecule has 3 heteroatoms. The number of nitrogens with one attached hydrogen (secondary N) is 1. The van der Waals surface area contributed by atoms with Crippen LogP contribution in [0.5, 0.6) is 0 Å². The summed E-state index contributed by atoms with van der Waals surface area (Å²) >= 11 is 5.38. The molecule has 0 unspecified atom stereocenters. The molecule has 0 aromatic carbocycles. The fourth-order valence-corrected chi connectivity index (χ4v) is 3.52. The third-order valence-electron chi connectivity index (χ3n) is 4.91. The van der Waals surface area contributed by atoms with Gasteiger partial charge in [0.2, 0.25) is 0 Å². The highest BCUT2D eigenvalue weighted by Gasteiger charge is 2.31. The van der Waals surface area contributed by atoms with E-state index in [0.717, 1.165) is 16.4 Å². The van der Waals surface area contributed by atoms with Gasteiger partial charge in [0.1, 0.15) is 10.5 Å². The zero-order valence-electron chi connectivity index (χ0n) is 14.4. The average molecular weight is 307 g/mol. The number of H-pyrrole nitrogens is 1. The molecule has 0 spiro atoms. The first-order valence-electron chi connectivity index (χ1n) is 8.19. The molecule has 1 aliphatic rings. The Kier molecular flexibility index (Phi) is 4.63. The molecule has 1 aromatic rings. The molecule has 1 N–H and O–H groups in total. The Hall–Kier alpha value is -0.700. The summed E-state index contributed by atoms with van der Waals surface area (Å²) in [7, 11) is 0. The van der Waals surface area contributed by atoms with Gasteiger partial charge >= 0.3 is 0 Å². The van der Waals surface area contributed by atoms with Crippen molar-refractivity contribution in [2.24, 2.45) is 11.3 Å². The van der Waals surface area contributed by atoms with Crippen molar-refractivity contribution < 1.29 is 0 Å². The molecule has 0 aliphatic heterocycles. The summed E-state index contributed by atoms with van der Waals surface area (Å²) in [5, 5.41) is 0. The second-order valence-corrected chi connectivity index (χ2v) is 9.10. The van der Waals surface area contributed by atoms with E-state index in [9.17, 15) is 0 Å². The van der Waals surface area contributed by atoms with Crippen LogP contribution in [0, 0.1) is 16.0 Å². The summed E-state index contributed by atoms with van der Waals surface area (Å²) in [4.78, 5) is 8.19. The Morgan fingerprint density at radius 1 is 1.05 bits per heavy atom. The van der Waals surface area contributed by atoms with Crippen LogP contribution in [-0.2, 0) is 5.41 Å². The highest BCUT2D eigenvalue weighted by Crippen LogP contribution is 2.42. The lowest BCUT2D eigenvalue weighted by atomic mass is 9.69. The maximum absolute atomic E-state index is 5.38. The van der Waals surface area contributed by atoms with Gasteiger partial charge in [-0.3, -0.25) is 0 Å². The lowest BCUT2D eigenvalue weighted by Gasteiger charge is -2.36. The SMILES string of the molecule is CC(C)(C)c1cc(=S)nc(C2CCC(C(C)(C)C)CC2)[nH]1. The van der Waals surface area contributed by atoms with E-state index in [1.807, 2.05) is 6.07 Å². The molecule has 0 radical (unpaired) electrons. The van der Waals surface area contributed by atoms with E-state index in [4.69, 9.17) is 12.2 Å². The van der Waals surface area contributed by atoms with E-state index in [1.54, 1.807) is 0 Å². The lowest BCUT2D eigenvalue weighted by Crippen LogP contribution is -2.26. The number of hydrogen-bond donors (Lipinski definition) is 1. The van der Waals surface area contributed by atoms with Gasteiger partial charge in [-0.25, -0.2) is 4.98 Å². The molecule has 0 bridgehead atoms. The molecule has 1 aliphatic carbocycles. The topological polar surface area (TPSA) is 28.7 Å². The van der Waals surface area contributed by atoms with Crippen LogP contribution in [-0.4, -0.2) is 9.97 Å². The van der Waals surface area contributed by atoms with Crippen LogP contribution in [0.3, 0.4) is 0 Å². The highest BCUT2D eigenvalue weighted by atomic mass is 32.1. The minimum absolute atomic E-state index is 0.0911. The number of nitrogens with zero attached hydrogens (tertiary/aromatic N) is 1. The Balaban J connectivity index is 2.18. The summed E-state index contributed by atoms with van der Waals surface area (Å²) in [5.74, 6) is 2.50. The van der Waals surface area contributed by atoms with Crippen molar-refractivity contribution in [1.29, 1.82) is 0 Å². The fourth-order valence-electron chi connectivity index (χ4n) is 3.31. The summed E-state index contributed by atoms with van der Waals surface area (Å²) in [6, 6.07) is 2.01. The Morgan fingerprint density at radius 3 is 2.10 bits per heavy atom. The predicted octanol–water partition coefficient (Wildman–Crippen LogP) is 5.76. The van der Waals surface area contributed by atoms with Gasteiger partial charge in [0.05, 0.1) is 0 Å². The zero-order chi connectivity index (χ0) is 15.8. The van der Waals surface area contributed by atoms with E-state index < -0.39 is 0 Å². The highest BCUT2D eigenvalue weighted by molar-refractivity contribution is 7.71.